The number of hydrogen-bond donors (Lipinski definition) is 2. The van der Waals surface area contributed by atoms with Crippen molar-refractivity contribution in [2.24, 2.45) is 10.9 Å². The van der Waals surface area contributed by atoms with Crippen LogP contribution in [0.15, 0.2) is 35.7 Å². The molecule has 0 atom stereocenters. The molecule has 2 aromatic heterocycles. The molecule has 27 heavy (non-hydrogen) atoms. The molecule has 0 fully saturated rings. The largest absolute Gasteiger partial charge is 0.381 e. The topological polar surface area (TPSA) is 76.4 Å². The van der Waals surface area contributed by atoms with E-state index in [1.807, 2.05) is 30.0 Å². The molecule has 148 valence electrons. The smallest absolute Gasteiger partial charge is 0.191 e. The summed E-state index contributed by atoms with van der Waals surface area (Å²) < 4.78 is 7.56. The van der Waals surface area contributed by atoms with Crippen molar-refractivity contribution in [3.8, 4) is 5.82 Å². The van der Waals surface area contributed by atoms with Crippen molar-refractivity contribution in [3.63, 3.8) is 0 Å². The van der Waals surface area contributed by atoms with Gasteiger partial charge < -0.3 is 15.4 Å². The summed E-state index contributed by atoms with van der Waals surface area (Å²) in [5.74, 6) is 3.18. The average Bonchev–Trinajstić information content (AvgIpc) is 3.08. The molecule has 0 aliphatic rings. The van der Waals surface area contributed by atoms with Crippen molar-refractivity contribution in [2.75, 3.05) is 26.3 Å². The molecule has 2 aromatic rings. The third kappa shape index (κ3) is 7.38. The van der Waals surface area contributed by atoms with E-state index in [2.05, 4.69) is 52.4 Å². The van der Waals surface area contributed by atoms with Crippen LogP contribution in [-0.2, 0) is 11.3 Å². The van der Waals surface area contributed by atoms with Crippen LogP contribution in [0.3, 0.4) is 0 Å². The minimum atomic E-state index is 0.578. The van der Waals surface area contributed by atoms with Crippen LogP contribution in [0.25, 0.3) is 5.82 Å². The Morgan fingerprint density at radius 2 is 2.11 bits per heavy atom. The summed E-state index contributed by atoms with van der Waals surface area (Å²) in [5.41, 5.74) is 1.06. The van der Waals surface area contributed by atoms with Crippen LogP contribution in [0, 0.1) is 12.8 Å². The van der Waals surface area contributed by atoms with Crippen LogP contribution in [0.5, 0.6) is 0 Å². The van der Waals surface area contributed by atoms with Gasteiger partial charge in [0.05, 0.1) is 6.54 Å². The van der Waals surface area contributed by atoms with E-state index in [0.717, 1.165) is 55.9 Å². The summed E-state index contributed by atoms with van der Waals surface area (Å²) in [6.45, 7) is 12.2. The van der Waals surface area contributed by atoms with Gasteiger partial charge in [-0.2, -0.15) is 0 Å². The Kier molecular flexibility index (Phi) is 8.77. The number of aliphatic imine (C=N–C) groups is 1. The molecule has 0 aliphatic carbocycles. The lowest BCUT2D eigenvalue weighted by Gasteiger charge is -2.12. The minimum Gasteiger partial charge on any atom is -0.381 e. The van der Waals surface area contributed by atoms with Crippen LogP contribution >= 0.6 is 0 Å². The fourth-order valence-corrected chi connectivity index (χ4v) is 2.48. The van der Waals surface area contributed by atoms with Crippen molar-refractivity contribution in [1.82, 2.24) is 25.2 Å². The Bertz CT molecular complexity index is 693. The van der Waals surface area contributed by atoms with E-state index in [0.29, 0.717) is 12.5 Å². The molecule has 0 unspecified atom stereocenters. The van der Waals surface area contributed by atoms with Gasteiger partial charge in [-0.25, -0.2) is 15.0 Å². The maximum atomic E-state index is 5.60. The van der Waals surface area contributed by atoms with Crippen LogP contribution in [0.1, 0.15) is 38.6 Å². The fourth-order valence-electron chi connectivity index (χ4n) is 2.48. The van der Waals surface area contributed by atoms with Gasteiger partial charge in [0, 0.05) is 44.9 Å². The van der Waals surface area contributed by atoms with Gasteiger partial charge in [-0.15, -0.1) is 0 Å². The summed E-state index contributed by atoms with van der Waals surface area (Å²) in [5, 5.41) is 6.61. The van der Waals surface area contributed by atoms with Gasteiger partial charge in [0.15, 0.2) is 5.96 Å². The predicted molar refractivity (Wildman–Crippen MR) is 109 cm³/mol. The first-order valence-corrected chi connectivity index (χ1v) is 9.65. The van der Waals surface area contributed by atoms with E-state index in [1.165, 1.54) is 0 Å². The molecular formula is C20H32N6O. The Morgan fingerprint density at radius 1 is 1.26 bits per heavy atom. The normalized spacial score (nSPS) is 11.8. The number of pyridine rings is 1. The highest BCUT2D eigenvalue weighted by atomic mass is 16.5. The summed E-state index contributed by atoms with van der Waals surface area (Å²) in [6.07, 6.45) is 6.50. The van der Waals surface area contributed by atoms with Crippen LogP contribution in [0.4, 0.5) is 0 Å². The Balaban J connectivity index is 1.82. The number of ether oxygens (including phenoxy) is 1. The molecule has 2 N–H and O–H groups in total. The number of hydrogen-bond acceptors (Lipinski definition) is 4. The lowest BCUT2D eigenvalue weighted by molar-refractivity contribution is 0.108. The number of nitrogens with zero attached hydrogens (tertiary/aromatic N) is 4. The zero-order valence-corrected chi connectivity index (χ0v) is 16.9. The van der Waals surface area contributed by atoms with Gasteiger partial charge in [-0.1, -0.05) is 19.9 Å². The van der Waals surface area contributed by atoms with Crippen LogP contribution < -0.4 is 10.6 Å². The van der Waals surface area contributed by atoms with Crippen LogP contribution in [-0.4, -0.2) is 46.8 Å². The first kappa shape index (κ1) is 20.9. The number of aromatic nitrogens is 3. The Morgan fingerprint density at radius 3 is 2.74 bits per heavy atom. The highest BCUT2D eigenvalue weighted by molar-refractivity contribution is 5.79. The summed E-state index contributed by atoms with van der Waals surface area (Å²) in [7, 11) is 0. The van der Waals surface area contributed by atoms with E-state index in [9.17, 15) is 0 Å². The first-order valence-electron chi connectivity index (χ1n) is 9.65. The van der Waals surface area contributed by atoms with Crippen molar-refractivity contribution in [3.05, 3.63) is 42.1 Å². The number of aryl methyl sites for hydroxylation is 1. The quantitative estimate of drug-likeness (QED) is 0.381. The zero-order chi connectivity index (χ0) is 19.5. The van der Waals surface area contributed by atoms with Gasteiger partial charge in [0.1, 0.15) is 11.6 Å². The number of imidazole rings is 1. The Labute approximate surface area is 162 Å². The van der Waals surface area contributed by atoms with Gasteiger partial charge in [-0.05, 0) is 37.8 Å². The lowest BCUT2D eigenvalue weighted by Crippen LogP contribution is -2.38. The van der Waals surface area contributed by atoms with E-state index < -0.39 is 0 Å². The highest BCUT2D eigenvalue weighted by Gasteiger charge is 2.02. The van der Waals surface area contributed by atoms with Crippen LogP contribution in [0.2, 0.25) is 0 Å². The molecule has 0 bridgehead atoms. The lowest BCUT2D eigenvalue weighted by atomic mass is 10.2. The van der Waals surface area contributed by atoms with Gasteiger partial charge in [0.25, 0.3) is 0 Å². The number of guanidine groups is 1. The molecule has 7 heteroatoms. The molecule has 0 amide bonds. The van der Waals surface area contributed by atoms with Crippen molar-refractivity contribution in [1.29, 1.82) is 0 Å². The maximum Gasteiger partial charge on any atom is 0.191 e. The van der Waals surface area contributed by atoms with Crippen molar-refractivity contribution < 1.29 is 4.74 Å². The number of nitrogens with one attached hydrogen (secondary N) is 2. The standard InChI is InChI=1S/C20H32N6O/c1-5-21-20(23-9-6-12-27-15-16(2)3)25-14-18-7-8-19(24-13-18)26-11-10-22-17(26)4/h7-8,10-11,13,16H,5-6,9,12,14-15H2,1-4H3,(H2,21,23,25). The maximum absolute atomic E-state index is 5.60. The molecule has 0 saturated heterocycles. The molecule has 2 rings (SSSR count). The highest BCUT2D eigenvalue weighted by Crippen LogP contribution is 2.09. The third-order valence-corrected chi connectivity index (χ3v) is 3.85. The van der Waals surface area contributed by atoms with Gasteiger partial charge in [-0.3, -0.25) is 4.57 Å². The zero-order valence-electron chi connectivity index (χ0n) is 16.9. The summed E-state index contributed by atoms with van der Waals surface area (Å²) >= 11 is 0. The van der Waals surface area contributed by atoms with E-state index in [1.54, 1.807) is 6.20 Å². The summed E-state index contributed by atoms with van der Waals surface area (Å²) in [4.78, 5) is 13.4. The minimum absolute atomic E-state index is 0.578. The van der Waals surface area contributed by atoms with Crippen molar-refractivity contribution in [2.45, 2.75) is 40.7 Å². The van der Waals surface area contributed by atoms with Gasteiger partial charge in [0.2, 0.25) is 0 Å². The molecule has 0 radical (unpaired) electrons. The SMILES string of the molecule is CCNC(=NCc1ccc(-n2ccnc2C)nc1)NCCCOCC(C)C. The molecule has 0 spiro atoms. The molecule has 0 aromatic carbocycles. The molecule has 2 heterocycles. The second-order valence-corrected chi connectivity index (χ2v) is 6.81. The van der Waals surface area contributed by atoms with Gasteiger partial charge >= 0.3 is 0 Å². The molecule has 0 aliphatic heterocycles. The second kappa shape index (κ2) is 11.3. The average molecular weight is 373 g/mol. The molecule has 7 nitrogen and oxygen atoms in total. The summed E-state index contributed by atoms with van der Waals surface area (Å²) in [6, 6.07) is 4.04. The third-order valence-electron chi connectivity index (χ3n) is 3.85. The number of rotatable bonds is 10. The van der Waals surface area contributed by atoms with Crippen molar-refractivity contribution >= 4 is 5.96 Å². The molecule has 0 saturated carbocycles. The first-order chi connectivity index (χ1) is 13.1. The second-order valence-electron chi connectivity index (χ2n) is 6.81. The van der Waals surface area contributed by atoms with E-state index in [-0.39, 0.29) is 0 Å². The Hall–Kier alpha value is -2.41. The van der Waals surface area contributed by atoms with E-state index in [4.69, 9.17) is 4.74 Å². The molecular weight excluding hydrogens is 340 g/mol. The van der Waals surface area contributed by atoms with E-state index >= 15 is 0 Å². The monoisotopic (exact) mass is 372 g/mol. The predicted octanol–water partition coefficient (Wildman–Crippen LogP) is 2.69. The fraction of sp³-hybridized carbons (Fsp3) is 0.550.